The molecule has 0 aliphatic carbocycles. The molecular formula is C12H24N2. The van der Waals surface area contributed by atoms with Crippen LogP contribution in [0, 0.1) is 0 Å². The van der Waals surface area contributed by atoms with E-state index in [0.29, 0.717) is 5.54 Å². The summed E-state index contributed by atoms with van der Waals surface area (Å²) >= 11 is 0. The molecule has 2 nitrogen and oxygen atoms in total. The summed E-state index contributed by atoms with van der Waals surface area (Å²) in [6.07, 6.45) is 6.85. The van der Waals surface area contributed by atoms with E-state index in [9.17, 15) is 0 Å². The third kappa shape index (κ3) is 1.96. The van der Waals surface area contributed by atoms with E-state index >= 15 is 0 Å². The second-order valence-corrected chi connectivity index (χ2v) is 5.13. The Bertz CT molecular complexity index is 185. The Morgan fingerprint density at radius 2 is 2.29 bits per heavy atom. The second-order valence-electron chi connectivity index (χ2n) is 5.13. The van der Waals surface area contributed by atoms with Gasteiger partial charge < -0.3 is 5.32 Å². The van der Waals surface area contributed by atoms with Gasteiger partial charge in [-0.2, -0.15) is 0 Å². The molecule has 0 aromatic rings. The molecule has 2 fully saturated rings. The third-order valence-electron chi connectivity index (χ3n) is 4.21. The van der Waals surface area contributed by atoms with E-state index < -0.39 is 0 Å². The van der Waals surface area contributed by atoms with Gasteiger partial charge >= 0.3 is 0 Å². The smallest absolute Gasteiger partial charge is 0.0306 e. The quantitative estimate of drug-likeness (QED) is 0.743. The van der Waals surface area contributed by atoms with Gasteiger partial charge in [-0.05, 0) is 52.1 Å². The van der Waals surface area contributed by atoms with E-state index in [1.807, 2.05) is 0 Å². The van der Waals surface area contributed by atoms with Crippen LogP contribution in [0.5, 0.6) is 0 Å². The standard InChI is InChI=1S/C12H24N2/c1-3-12(7-5-8-13-12)10-14-9-4-6-11(14)2/h11,13H,3-10H2,1-2H3. The first-order valence-corrected chi connectivity index (χ1v) is 6.25. The van der Waals surface area contributed by atoms with Crippen LogP contribution in [0.25, 0.3) is 0 Å². The molecular weight excluding hydrogens is 172 g/mol. The first-order chi connectivity index (χ1) is 6.76. The van der Waals surface area contributed by atoms with Gasteiger partial charge in [0.15, 0.2) is 0 Å². The fourth-order valence-corrected chi connectivity index (χ4v) is 3.03. The molecule has 0 radical (unpaired) electrons. The topological polar surface area (TPSA) is 15.3 Å². The van der Waals surface area contributed by atoms with Crippen LogP contribution in [-0.2, 0) is 0 Å². The van der Waals surface area contributed by atoms with Gasteiger partial charge in [-0.25, -0.2) is 0 Å². The normalized spacial score (nSPS) is 39.4. The van der Waals surface area contributed by atoms with Crippen LogP contribution in [0.2, 0.25) is 0 Å². The van der Waals surface area contributed by atoms with Crippen LogP contribution < -0.4 is 5.32 Å². The van der Waals surface area contributed by atoms with Gasteiger partial charge in [-0.3, -0.25) is 4.90 Å². The van der Waals surface area contributed by atoms with E-state index in [-0.39, 0.29) is 0 Å². The van der Waals surface area contributed by atoms with Gasteiger partial charge in [0.05, 0.1) is 0 Å². The average Bonchev–Trinajstić information content (AvgIpc) is 2.79. The van der Waals surface area contributed by atoms with Crippen LogP contribution in [0.1, 0.15) is 46.0 Å². The van der Waals surface area contributed by atoms with Crippen LogP contribution >= 0.6 is 0 Å². The summed E-state index contributed by atoms with van der Waals surface area (Å²) in [5.74, 6) is 0. The second kappa shape index (κ2) is 4.19. The van der Waals surface area contributed by atoms with E-state index in [1.54, 1.807) is 0 Å². The van der Waals surface area contributed by atoms with Crippen LogP contribution in [-0.4, -0.2) is 36.1 Å². The zero-order chi connectivity index (χ0) is 10.0. The molecule has 0 amide bonds. The summed E-state index contributed by atoms with van der Waals surface area (Å²) in [5.41, 5.74) is 0.457. The number of likely N-dealkylation sites (tertiary alicyclic amines) is 1. The third-order valence-corrected chi connectivity index (χ3v) is 4.21. The fourth-order valence-electron chi connectivity index (χ4n) is 3.03. The molecule has 0 bridgehead atoms. The van der Waals surface area contributed by atoms with E-state index in [2.05, 4.69) is 24.1 Å². The molecule has 2 atom stereocenters. The molecule has 2 unspecified atom stereocenters. The molecule has 2 rings (SSSR count). The number of nitrogens with zero attached hydrogens (tertiary/aromatic N) is 1. The van der Waals surface area contributed by atoms with Crippen LogP contribution in [0.4, 0.5) is 0 Å². The van der Waals surface area contributed by atoms with Crippen molar-refractivity contribution in [2.24, 2.45) is 0 Å². The monoisotopic (exact) mass is 196 g/mol. The minimum absolute atomic E-state index is 0.457. The molecule has 2 aliphatic heterocycles. The van der Waals surface area contributed by atoms with Crippen molar-refractivity contribution in [3.63, 3.8) is 0 Å². The Morgan fingerprint density at radius 1 is 1.43 bits per heavy atom. The number of hydrogen-bond acceptors (Lipinski definition) is 2. The highest BCUT2D eigenvalue weighted by Gasteiger charge is 2.35. The summed E-state index contributed by atoms with van der Waals surface area (Å²) in [5, 5.41) is 3.73. The highest BCUT2D eigenvalue weighted by atomic mass is 15.2. The van der Waals surface area contributed by atoms with Crippen LogP contribution in [0.15, 0.2) is 0 Å². The average molecular weight is 196 g/mol. The molecule has 2 heteroatoms. The van der Waals surface area contributed by atoms with E-state index in [4.69, 9.17) is 0 Å². The Balaban J connectivity index is 1.93. The van der Waals surface area contributed by atoms with Crippen molar-refractivity contribution in [2.45, 2.75) is 57.5 Å². The van der Waals surface area contributed by atoms with Crippen molar-refractivity contribution in [1.82, 2.24) is 10.2 Å². The highest BCUT2D eigenvalue weighted by molar-refractivity contribution is 4.96. The molecule has 1 N–H and O–H groups in total. The number of hydrogen-bond donors (Lipinski definition) is 1. The first kappa shape index (κ1) is 10.4. The van der Waals surface area contributed by atoms with Gasteiger partial charge in [-0.1, -0.05) is 6.92 Å². The largest absolute Gasteiger partial charge is 0.310 e. The maximum atomic E-state index is 3.73. The Hall–Kier alpha value is -0.0800. The molecule has 0 aromatic heterocycles. The molecule has 14 heavy (non-hydrogen) atoms. The predicted octanol–water partition coefficient (Wildman–Crippen LogP) is 2.00. The van der Waals surface area contributed by atoms with Crippen LogP contribution in [0.3, 0.4) is 0 Å². The first-order valence-electron chi connectivity index (χ1n) is 6.25. The molecule has 0 saturated carbocycles. The minimum atomic E-state index is 0.457. The van der Waals surface area contributed by atoms with E-state index in [0.717, 1.165) is 6.04 Å². The lowest BCUT2D eigenvalue weighted by Gasteiger charge is -2.35. The summed E-state index contributed by atoms with van der Waals surface area (Å²) < 4.78 is 0. The molecule has 2 aliphatic rings. The number of rotatable bonds is 3. The molecule has 0 aromatic carbocycles. The summed E-state index contributed by atoms with van der Waals surface area (Å²) in [6, 6.07) is 0.820. The summed E-state index contributed by atoms with van der Waals surface area (Å²) in [7, 11) is 0. The van der Waals surface area contributed by atoms with Crippen molar-refractivity contribution in [1.29, 1.82) is 0 Å². The zero-order valence-corrected chi connectivity index (χ0v) is 9.68. The SMILES string of the molecule is CCC1(CN2CCCC2C)CCCN1. The molecule has 2 saturated heterocycles. The molecule has 2 heterocycles. The van der Waals surface area contributed by atoms with Gasteiger partial charge in [0.25, 0.3) is 0 Å². The maximum Gasteiger partial charge on any atom is 0.0306 e. The van der Waals surface area contributed by atoms with Crippen molar-refractivity contribution >= 4 is 0 Å². The zero-order valence-electron chi connectivity index (χ0n) is 9.68. The Morgan fingerprint density at radius 3 is 2.79 bits per heavy atom. The minimum Gasteiger partial charge on any atom is -0.310 e. The highest BCUT2D eigenvalue weighted by Crippen LogP contribution is 2.27. The predicted molar refractivity (Wildman–Crippen MR) is 60.5 cm³/mol. The Kier molecular flexibility index (Phi) is 3.13. The van der Waals surface area contributed by atoms with Gasteiger partial charge in [0, 0.05) is 18.1 Å². The van der Waals surface area contributed by atoms with Crippen molar-refractivity contribution in [2.75, 3.05) is 19.6 Å². The van der Waals surface area contributed by atoms with Gasteiger partial charge in [0.1, 0.15) is 0 Å². The maximum absolute atomic E-state index is 3.73. The lowest BCUT2D eigenvalue weighted by molar-refractivity contribution is 0.183. The lowest BCUT2D eigenvalue weighted by atomic mass is 9.93. The van der Waals surface area contributed by atoms with Crippen molar-refractivity contribution < 1.29 is 0 Å². The Labute approximate surface area is 88.1 Å². The molecule has 82 valence electrons. The van der Waals surface area contributed by atoms with Crippen molar-refractivity contribution in [3.8, 4) is 0 Å². The van der Waals surface area contributed by atoms with Gasteiger partial charge in [0.2, 0.25) is 0 Å². The summed E-state index contributed by atoms with van der Waals surface area (Å²) in [4.78, 5) is 2.68. The summed E-state index contributed by atoms with van der Waals surface area (Å²) in [6.45, 7) is 8.55. The number of nitrogens with one attached hydrogen (secondary N) is 1. The fraction of sp³-hybridized carbons (Fsp3) is 1.00. The lowest BCUT2D eigenvalue weighted by Crippen LogP contribution is -2.50. The van der Waals surface area contributed by atoms with E-state index in [1.165, 1.54) is 51.7 Å². The van der Waals surface area contributed by atoms with Crippen molar-refractivity contribution in [3.05, 3.63) is 0 Å². The van der Waals surface area contributed by atoms with Gasteiger partial charge in [-0.15, -0.1) is 0 Å². The molecule has 0 spiro atoms.